The molecule has 1 unspecified atom stereocenters. The van der Waals surface area contributed by atoms with Crippen LogP contribution < -0.4 is 10.1 Å². The van der Waals surface area contributed by atoms with Crippen molar-refractivity contribution in [2.75, 3.05) is 11.9 Å². The molecular formula is C16H16Br2N2O. The SMILES string of the molecule is Cc1cc(NC2CCCOc3cc(Br)ccc32)cnc1Br. The van der Waals surface area contributed by atoms with Crippen molar-refractivity contribution in [2.45, 2.75) is 25.8 Å². The number of fused-ring (bicyclic) bond motifs is 1. The molecule has 2 heterocycles. The Labute approximate surface area is 141 Å². The molecule has 110 valence electrons. The van der Waals surface area contributed by atoms with Crippen LogP contribution in [0.4, 0.5) is 5.69 Å². The number of aromatic nitrogens is 1. The maximum absolute atomic E-state index is 5.85. The summed E-state index contributed by atoms with van der Waals surface area (Å²) in [7, 11) is 0. The van der Waals surface area contributed by atoms with Crippen LogP contribution in [0.5, 0.6) is 5.75 Å². The van der Waals surface area contributed by atoms with Crippen molar-refractivity contribution in [1.82, 2.24) is 4.98 Å². The lowest BCUT2D eigenvalue weighted by Crippen LogP contribution is -2.10. The van der Waals surface area contributed by atoms with E-state index in [2.05, 4.69) is 60.4 Å². The molecule has 0 amide bonds. The van der Waals surface area contributed by atoms with Gasteiger partial charge in [0.15, 0.2) is 0 Å². The number of anilines is 1. The van der Waals surface area contributed by atoms with Gasteiger partial charge in [-0.3, -0.25) is 0 Å². The van der Waals surface area contributed by atoms with Crippen molar-refractivity contribution >= 4 is 37.5 Å². The van der Waals surface area contributed by atoms with E-state index < -0.39 is 0 Å². The monoisotopic (exact) mass is 410 g/mol. The first-order valence-electron chi connectivity index (χ1n) is 6.94. The van der Waals surface area contributed by atoms with Crippen LogP contribution in [-0.2, 0) is 0 Å². The molecule has 0 radical (unpaired) electrons. The van der Waals surface area contributed by atoms with Crippen molar-refractivity contribution < 1.29 is 4.74 Å². The lowest BCUT2D eigenvalue weighted by molar-refractivity contribution is 0.316. The van der Waals surface area contributed by atoms with Gasteiger partial charge in [-0.2, -0.15) is 0 Å². The van der Waals surface area contributed by atoms with Gasteiger partial charge in [0, 0.05) is 10.0 Å². The van der Waals surface area contributed by atoms with Crippen LogP contribution in [0.15, 0.2) is 39.5 Å². The number of hydrogen-bond acceptors (Lipinski definition) is 3. The molecule has 1 atom stereocenters. The van der Waals surface area contributed by atoms with Crippen molar-refractivity contribution in [3.8, 4) is 5.75 Å². The minimum absolute atomic E-state index is 0.248. The van der Waals surface area contributed by atoms with E-state index in [1.807, 2.05) is 19.2 Å². The van der Waals surface area contributed by atoms with Crippen LogP contribution in [0, 0.1) is 6.92 Å². The van der Waals surface area contributed by atoms with E-state index in [1.54, 1.807) is 0 Å². The molecule has 0 saturated heterocycles. The summed E-state index contributed by atoms with van der Waals surface area (Å²) in [5.41, 5.74) is 3.37. The molecule has 0 spiro atoms. The maximum atomic E-state index is 5.85. The highest BCUT2D eigenvalue weighted by Gasteiger charge is 2.20. The molecule has 0 saturated carbocycles. The van der Waals surface area contributed by atoms with E-state index in [0.29, 0.717) is 0 Å². The van der Waals surface area contributed by atoms with E-state index in [0.717, 1.165) is 45.5 Å². The molecular weight excluding hydrogens is 396 g/mol. The standard InChI is InChI=1S/C16H16Br2N2O/c1-10-7-12(9-19-16(10)18)20-14-3-2-6-21-15-8-11(17)4-5-13(14)15/h4-5,7-9,14,20H,2-3,6H2,1H3. The Morgan fingerprint density at radius 2 is 2.14 bits per heavy atom. The van der Waals surface area contributed by atoms with Gasteiger partial charge in [-0.25, -0.2) is 4.98 Å². The van der Waals surface area contributed by atoms with Crippen molar-refractivity contribution in [1.29, 1.82) is 0 Å². The number of hydrogen-bond donors (Lipinski definition) is 1. The van der Waals surface area contributed by atoms with E-state index >= 15 is 0 Å². The van der Waals surface area contributed by atoms with Gasteiger partial charge in [0.2, 0.25) is 0 Å². The Morgan fingerprint density at radius 1 is 1.29 bits per heavy atom. The molecule has 1 aromatic carbocycles. The molecule has 1 N–H and O–H groups in total. The quantitative estimate of drug-likeness (QED) is 0.686. The third kappa shape index (κ3) is 3.40. The molecule has 21 heavy (non-hydrogen) atoms. The van der Waals surface area contributed by atoms with Crippen molar-refractivity contribution in [2.24, 2.45) is 0 Å². The number of aryl methyl sites for hydroxylation is 1. The second-order valence-electron chi connectivity index (χ2n) is 5.20. The second kappa shape index (κ2) is 6.36. The first-order valence-corrected chi connectivity index (χ1v) is 8.53. The average Bonchev–Trinajstić information content (AvgIpc) is 2.65. The predicted octanol–water partition coefficient (Wildman–Crippen LogP) is 5.24. The highest BCUT2D eigenvalue weighted by Crippen LogP contribution is 2.35. The Morgan fingerprint density at radius 3 is 2.95 bits per heavy atom. The van der Waals surface area contributed by atoms with Gasteiger partial charge in [-0.15, -0.1) is 0 Å². The number of benzene rings is 1. The minimum atomic E-state index is 0.248. The predicted molar refractivity (Wildman–Crippen MR) is 91.9 cm³/mol. The smallest absolute Gasteiger partial charge is 0.125 e. The molecule has 1 aromatic heterocycles. The van der Waals surface area contributed by atoms with Gasteiger partial charge in [-0.05, 0) is 59.5 Å². The zero-order chi connectivity index (χ0) is 14.8. The normalized spacial score (nSPS) is 17.6. The van der Waals surface area contributed by atoms with Gasteiger partial charge in [0.1, 0.15) is 10.4 Å². The maximum Gasteiger partial charge on any atom is 0.125 e. The molecule has 2 aromatic rings. The zero-order valence-electron chi connectivity index (χ0n) is 11.7. The second-order valence-corrected chi connectivity index (χ2v) is 6.87. The number of nitrogens with zero attached hydrogens (tertiary/aromatic N) is 1. The van der Waals surface area contributed by atoms with Gasteiger partial charge in [-0.1, -0.05) is 22.0 Å². The molecule has 5 heteroatoms. The minimum Gasteiger partial charge on any atom is -0.493 e. The van der Waals surface area contributed by atoms with Crippen LogP contribution in [0.1, 0.15) is 30.0 Å². The third-order valence-corrected chi connectivity index (χ3v) is 4.92. The molecule has 0 aliphatic carbocycles. The van der Waals surface area contributed by atoms with E-state index in [-0.39, 0.29) is 6.04 Å². The van der Waals surface area contributed by atoms with E-state index in [9.17, 15) is 0 Å². The summed E-state index contributed by atoms with van der Waals surface area (Å²) in [6.07, 6.45) is 3.94. The molecule has 0 fully saturated rings. The Kier molecular flexibility index (Phi) is 4.50. The highest BCUT2D eigenvalue weighted by molar-refractivity contribution is 9.10. The lowest BCUT2D eigenvalue weighted by atomic mass is 10.0. The first kappa shape index (κ1) is 14.9. The average molecular weight is 412 g/mol. The van der Waals surface area contributed by atoms with Crippen LogP contribution in [0.3, 0.4) is 0 Å². The number of nitrogens with one attached hydrogen (secondary N) is 1. The summed E-state index contributed by atoms with van der Waals surface area (Å²) in [5, 5.41) is 3.59. The molecule has 3 nitrogen and oxygen atoms in total. The Balaban J connectivity index is 1.90. The number of halogens is 2. The largest absolute Gasteiger partial charge is 0.493 e. The lowest BCUT2D eigenvalue weighted by Gasteiger charge is -2.20. The zero-order valence-corrected chi connectivity index (χ0v) is 14.9. The van der Waals surface area contributed by atoms with Gasteiger partial charge in [0.25, 0.3) is 0 Å². The van der Waals surface area contributed by atoms with Crippen molar-refractivity contribution in [3.05, 3.63) is 50.7 Å². The fourth-order valence-electron chi connectivity index (χ4n) is 2.53. The summed E-state index contributed by atoms with van der Waals surface area (Å²) >= 11 is 6.94. The van der Waals surface area contributed by atoms with Crippen LogP contribution in [-0.4, -0.2) is 11.6 Å². The van der Waals surface area contributed by atoms with Crippen LogP contribution in [0.2, 0.25) is 0 Å². The summed E-state index contributed by atoms with van der Waals surface area (Å²) < 4.78 is 7.78. The topological polar surface area (TPSA) is 34.1 Å². The molecule has 1 aliphatic heterocycles. The van der Waals surface area contributed by atoms with Crippen molar-refractivity contribution in [3.63, 3.8) is 0 Å². The van der Waals surface area contributed by atoms with Crippen LogP contribution >= 0.6 is 31.9 Å². The van der Waals surface area contributed by atoms with E-state index in [4.69, 9.17) is 4.74 Å². The van der Waals surface area contributed by atoms with Crippen LogP contribution in [0.25, 0.3) is 0 Å². The third-order valence-electron chi connectivity index (χ3n) is 3.60. The first-order chi connectivity index (χ1) is 10.1. The summed E-state index contributed by atoms with van der Waals surface area (Å²) in [6.45, 7) is 2.81. The Hall–Kier alpha value is -1.07. The Bertz CT molecular complexity index is 661. The number of pyridine rings is 1. The fraction of sp³-hybridized carbons (Fsp3) is 0.312. The molecule has 1 aliphatic rings. The fourth-order valence-corrected chi connectivity index (χ4v) is 3.09. The highest BCUT2D eigenvalue weighted by atomic mass is 79.9. The number of ether oxygens (including phenoxy) is 1. The van der Waals surface area contributed by atoms with E-state index in [1.165, 1.54) is 5.56 Å². The number of rotatable bonds is 2. The molecule has 3 rings (SSSR count). The van der Waals surface area contributed by atoms with Gasteiger partial charge < -0.3 is 10.1 Å². The van der Waals surface area contributed by atoms with Gasteiger partial charge >= 0.3 is 0 Å². The summed E-state index contributed by atoms with van der Waals surface area (Å²) in [6, 6.07) is 8.59. The molecule has 0 bridgehead atoms. The van der Waals surface area contributed by atoms with Gasteiger partial charge in [0.05, 0.1) is 24.5 Å². The summed E-state index contributed by atoms with van der Waals surface area (Å²) in [4.78, 5) is 4.35. The summed E-state index contributed by atoms with van der Waals surface area (Å²) in [5.74, 6) is 0.959.